The standard InChI is InChI=1S/C35H38N6O4/c42-31(16-21-8-9-21)40-14-2-6-28(40)33-38-26-13-12-24(19-27(26)39-33)35-36-20-30(45-35)23-4-1-5-25(18-23)37-34(44)29-7-3-15-41(29)32(43)17-22-10-11-22/h1,4-5,12-13,18-22,28-29H,2-3,6-11,14-17H2,(H,37,44)(H,38,39). The van der Waals surface area contributed by atoms with E-state index in [4.69, 9.17) is 9.40 Å². The van der Waals surface area contributed by atoms with E-state index in [0.29, 0.717) is 55.0 Å². The molecule has 4 aromatic rings. The summed E-state index contributed by atoms with van der Waals surface area (Å²) in [6.45, 7) is 1.44. The van der Waals surface area contributed by atoms with E-state index in [-0.39, 0.29) is 23.8 Å². The number of benzene rings is 2. The van der Waals surface area contributed by atoms with Crippen LogP contribution < -0.4 is 5.32 Å². The minimum absolute atomic E-state index is 0.00632. The second-order valence-corrected chi connectivity index (χ2v) is 13.2. The van der Waals surface area contributed by atoms with E-state index in [0.717, 1.165) is 66.6 Å². The molecular weight excluding hydrogens is 568 g/mol. The molecule has 2 aliphatic carbocycles. The van der Waals surface area contributed by atoms with Gasteiger partial charge >= 0.3 is 0 Å². The normalized spacial score (nSPS) is 21.5. The maximum absolute atomic E-state index is 13.2. The first kappa shape index (κ1) is 28.0. The highest BCUT2D eigenvalue weighted by atomic mass is 16.4. The molecule has 0 spiro atoms. The smallest absolute Gasteiger partial charge is 0.247 e. The molecule has 0 bridgehead atoms. The molecule has 2 saturated carbocycles. The van der Waals surface area contributed by atoms with Gasteiger partial charge in [0.2, 0.25) is 23.6 Å². The molecule has 45 heavy (non-hydrogen) atoms. The lowest BCUT2D eigenvalue weighted by molar-refractivity contribution is -0.136. The lowest BCUT2D eigenvalue weighted by atomic mass is 10.1. The van der Waals surface area contributed by atoms with Gasteiger partial charge in [-0.3, -0.25) is 14.4 Å². The molecule has 3 amide bonds. The zero-order valence-electron chi connectivity index (χ0n) is 25.3. The number of aromatic nitrogens is 3. The summed E-state index contributed by atoms with van der Waals surface area (Å²) < 4.78 is 6.19. The van der Waals surface area contributed by atoms with Crippen LogP contribution >= 0.6 is 0 Å². The maximum atomic E-state index is 13.2. The SMILES string of the molecule is O=C(Nc1cccc(-c2cnc(-c3ccc4nc(C5CCCN5C(=O)CC5CC5)[nH]c4c3)o2)c1)C1CCCN1C(=O)CC1CC1. The van der Waals surface area contributed by atoms with Crippen LogP contribution in [0.3, 0.4) is 0 Å². The molecule has 10 heteroatoms. The number of nitrogens with one attached hydrogen (secondary N) is 2. The van der Waals surface area contributed by atoms with Crippen molar-refractivity contribution in [1.82, 2.24) is 24.8 Å². The Kier molecular flexibility index (Phi) is 7.15. The van der Waals surface area contributed by atoms with Crippen molar-refractivity contribution >= 4 is 34.4 Å². The number of rotatable bonds is 9. The second-order valence-electron chi connectivity index (χ2n) is 13.2. The van der Waals surface area contributed by atoms with Crippen molar-refractivity contribution in [3.63, 3.8) is 0 Å². The summed E-state index contributed by atoms with van der Waals surface area (Å²) in [7, 11) is 0. The monoisotopic (exact) mass is 606 g/mol. The fraction of sp³-hybridized carbons (Fsp3) is 0.457. The number of carbonyl (C=O) groups excluding carboxylic acids is 3. The first-order chi connectivity index (χ1) is 22.0. The number of fused-ring (bicyclic) bond motifs is 1. The molecule has 8 rings (SSSR count). The van der Waals surface area contributed by atoms with Gasteiger partial charge in [0.05, 0.1) is 23.3 Å². The third kappa shape index (κ3) is 5.85. The van der Waals surface area contributed by atoms with E-state index < -0.39 is 6.04 Å². The Morgan fingerprint density at radius 3 is 2.42 bits per heavy atom. The fourth-order valence-electron chi connectivity index (χ4n) is 6.90. The zero-order valence-corrected chi connectivity index (χ0v) is 25.3. The number of likely N-dealkylation sites (tertiary alicyclic amines) is 2. The lowest BCUT2D eigenvalue weighted by Crippen LogP contribution is -2.43. The molecule has 2 atom stereocenters. The topological polar surface area (TPSA) is 124 Å². The molecule has 2 aromatic heterocycles. The summed E-state index contributed by atoms with van der Waals surface area (Å²) >= 11 is 0. The van der Waals surface area contributed by atoms with Crippen molar-refractivity contribution in [2.24, 2.45) is 11.8 Å². The van der Waals surface area contributed by atoms with Crippen LogP contribution in [0.15, 0.2) is 53.1 Å². The molecule has 232 valence electrons. The first-order valence-corrected chi connectivity index (χ1v) is 16.4. The Morgan fingerprint density at radius 1 is 0.867 bits per heavy atom. The molecule has 4 fully saturated rings. The van der Waals surface area contributed by atoms with Crippen molar-refractivity contribution < 1.29 is 18.8 Å². The van der Waals surface area contributed by atoms with Crippen LogP contribution in [0.5, 0.6) is 0 Å². The van der Waals surface area contributed by atoms with Crippen LogP contribution in [0, 0.1) is 11.8 Å². The summed E-state index contributed by atoms with van der Waals surface area (Å²) in [6.07, 6.45) is 10.9. The number of amides is 3. The van der Waals surface area contributed by atoms with Gasteiger partial charge in [0, 0.05) is 42.7 Å². The summed E-state index contributed by atoms with van der Waals surface area (Å²) in [4.78, 5) is 55.4. The van der Waals surface area contributed by atoms with E-state index in [1.807, 2.05) is 47.4 Å². The number of H-pyrrole nitrogens is 1. The minimum Gasteiger partial charge on any atom is -0.436 e. The molecule has 2 unspecified atom stereocenters. The quantitative estimate of drug-likeness (QED) is 0.238. The number of oxazole rings is 1. The number of hydrogen-bond donors (Lipinski definition) is 2. The Balaban J connectivity index is 0.960. The van der Waals surface area contributed by atoms with Gasteiger partial charge in [0.25, 0.3) is 0 Å². The van der Waals surface area contributed by atoms with E-state index in [1.54, 1.807) is 11.1 Å². The summed E-state index contributed by atoms with van der Waals surface area (Å²) in [5.41, 5.74) is 3.99. The highest BCUT2D eigenvalue weighted by molar-refractivity contribution is 5.98. The average molecular weight is 607 g/mol. The average Bonchev–Trinajstić information content (AvgIpc) is 3.73. The first-order valence-electron chi connectivity index (χ1n) is 16.4. The van der Waals surface area contributed by atoms with Crippen molar-refractivity contribution in [3.05, 3.63) is 54.5 Å². The summed E-state index contributed by atoms with van der Waals surface area (Å²) in [6, 6.07) is 13.0. The summed E-state index contributed by atoms with van der Waals surface area (Å²) in [5, 5.41) is 3.02. The zero-order chi connectivity index (χ0) is 30.5. The lowest BCUT2D eigenvalue weighted by Gasteiger charge is -2.24. The molecular formula is C35H38N6O4. The molecule has 4 aliphatic rings. The third-order valence-electron chi connectivity index (χ3n) is 9.75. The number of imidazole rings is 1. The molecule has 4 heterocycles. The van der Waals surface area contributed by atoms with Gasteiger partial charge in [0.1, 0.15) is 11.9 Å². The van der Waals surface area contributed by atoms with Gasteiger partial charge in [-0.2, -0.15) is 0 Å². The van der Waals surface area contributed by atoms with Crippen LogP contribution in [-0.2, 0) is 14.4 Å². The summed E-state index contributed by atoms with van der Waals surface area (Å²) in [5.74, 6) is 3.18. The number of aromatic amines is 1. The van der Waals surface area contributed by atoms with Gasteiger partial charge in [-0.25, -0.2) is 9.97 Å². The van der Waals surface area contributed by atoms with Crippen molar-refractivity contribution in [3.8, 4) is 22.8 Å². The van der Waals surface area contributed by atoms with E-state index in [9.17, 15) is 14.4 Å². The van der Waals surface area contributed by atoms with Crippen LogP contribution in [0.2, 0.25) is 0 Å². The van der Waals surface area contributed by atoms with Gasteiger partial charge in [-0.15, -0.1) is 0 Å². The molecule has 2 N–H and O–H groups in total. The van der Waals surface area contributed by atoms with Crippen molar-refractivity contribution in [2.75, 3.05) is 18.4 Å². The van der Waals surface area contributed by atoms with Crippen LogP contribution in [0.4, 0.5) is 5.69 Å². The van der Waals surface area contributed by atoms with Gasteiger partial charge in [-0.1, -0.05) is 12.1 Å². The molecule has 0 radical (unpaired) electrons. The van der Waals surface area contributed by atoms with Crippen molar-refractivity contribution in [1.29, 1.82) is 0 Å². The highest BCUT2D eigenvalue weighted by Crippen LogP contribution is 2.38. The minimum atomic E-state index is -0.422. The van der Waals surface area contributed by atoms with E-state index >= 15 is 0 Å². The number of hydrogen-bond acceptors (Lipinski definition) is 6. The van der Waals surface area contributed by atoms with Gasteiger partial charge in [0.15, 0.2) is 5.76 Å². The number of carbonyl (C=O) groups is 3. The highest BCUT2D eigenvalue weighted by Gasteiger charge is 2.37. The van der Waals surface area contributed by atoms with Gasteiger partial charge < -0.3 is 24.5 Å². The maximum Gasteiger partial charge on any atom is 0.247 e. The predicted molar refractivity (Wildman–Crippen MR) is 169 cm³/mol. The van der Waals surface area contributed by atoms with Crippen LogP contribution in [0.1, 0.15) is 76.1 Å². The number of nitrogens with zero attached hydrogens (tertiary/aromatic N) is 4. The Bertz CT molecular complexity index is 1770. The molecule has 10 nitrogen and oxygen atoms in total. The van der Waals surface area contributed by atoms with Gasteiger partial charge in [-0.05, 0) is 93.5 Å². The second kappa shape index (κ2) is 11.5. The Labute approximate surface area is 261 Å². The largest absolute Gasteiger partial charge is 0.436 e. The van der Waals surface area contributed by atoms with Crippen molar-refractivity contribution in [2.45, 2.75) is 76.3 Å². The van der Waals surface area contributed by atoms with Crippen LogP contribution in [-0.4, -0.2) is 61.6 Å². The Morgan fingerprint density at radius 2 is 1.62 bits per heavy atom. The predicted octanol–water partition coefficient (Wildman–Crippen LogP) is 6.08. The fourth-order valence-corrected chi connectivity index (χ4v) is 6.90. The molecule has 2 saturated heterocycles. The van der Waals surface area contributed by atoms with E-state index in [2.05, 4.69) is 15.3 Å². The van der Waals surface area contributed by atoms with Crippen LogP contribution in [0.25, 0.3) is 33.8 Å². The third-order valence-corrected chi connectivity index (χ3v) is 9.75. The molecule has 2 aliphatic heterocycles. The van der Waals surface area contributed by atoms with E-state index in [1.165, 1.54) is 12.8 Å². The molecule has 2 aromatic carbocycles. The number of anilines is 1. The Hall–Kier alpha value is -4.47.